The molecule has 0 spiro atoms. The van der Waals surface area contributed by atoms with Gasteiger partial charge in [-0.1, -0.05) is 59.8 Å². The number of carbonyl (C=O) groups is 1. The number of benzene rings is 1. The van der Waals surface area contributed by atoms with Gasteiger partial charge < -0.3 is 15.2 Å². The summed E-state index contributed by atoms with van der Waals surface area (Å²) < 4.78 is 4.94. The molecule has 0 atom stereocenters. The fourth-order valence-electron chi connectivity index (χ4n) is 4.38. The number of Topliss-reactive ketones (excluding diaryl/α,β-unsaturated/α-hetero) is 1. The van der Waals surface area contributed by atoms with Crippen LogP contribution in [0.5, 0.6) is 5.75 Å². The Morgan fingerprint density at radius 2 is 1.58 bits per heavy atom. The van der Waals surface area contributed by atoms with Crippen molar-refractivity contribution in [2.45, 2.75) is 73.6 Å². The molecule has 7 heteroatoms. The predicted molar refractivity (Wildman–Crippen MR) is 157 cm³/mol. The number of halogens is 2. The van der Waals surface area contributed by atoms with E-state index in [2.05, 4.69) is 46.9 Å². The number of rotatable bonds is 1. The summed E-state index contributed by atoms with van der Waals surface area (Å²) in [4.78, 5) is 13.3. The second-order valence-corrected chi connectivity index (χ2v) is 15.5. The van der Waals surface area contributed by atoms with Crippen molar-refractivity contribution < 1.29 is 35.5 Å². The van der Waals surface area contributed by atoms with Gasteiger partial charge in [0.25, 0.3) is 0 Å². The molecule has 4 rings (SSSR count). The van der Waals surface area contributed by atoms with Crippen molar-refractivity contribution in [3.8, 4) is 5.75 Å². The van der Waals surface area contributed by atoms with Crippen LogP contribution in [0.4, 0.5) is 0 Å². The number of aryl methyl sites for hydroxylation is 1. The van der Waals surface area contributed by atoms with Crippen LogP contribution in [0.3, 0.4) is 0 Å². The maximum absolute atomic E-state index is 13.3. The molecule has 0 amide bonds. The van der Waals surface area contributed by atoms with Crippen molar-refractivity contribution >= 4 is 28.5 Å². The molecule has 0 unspecified atom stereocenters. The van der Waals surface area contributed by atoms with Crippen LogP contribution in [0, 0.1) is 12.3 Å². The number of hydrogen-bond donors (Lipinski definition) is 2. The second-order valence-electron chi connectivity index (χ2n) is 11.8. The minimum atomic E-state index is -0.826. The molecule has 2 heterocycles. The maximum atomic E-state index is 13.3. The van der Waals surface area contributed by atoms with Crippen molar-refractivity contribution in [1.82, 2.24) is 5.32 Å². The molecule has 1 fully saturated rings. The summed E-state index contributed by atoms with van der Waals surface area (Å²) in [6.07, 6.45) is 12.3. The standard InChI is InChI=1S/C27H33NO2.C4H8O.2ClH.Zr/c1-16-12-18(24(29)20(14-16)26(3,4)5)22-10-9-11-23(28-22)19-13-17(2)15-21(25(19)30)27(6,7)8;1-2-4-5-3-1;;;/h9-15,28-29H,1-8H3;1-4H2;2*1H;/q;;;;+2/p-2/b23-19-;;;;. The summed E-state index contributed by atoms with van der Waals surface area (Å²) in [5.41, 5.74) is 6.40. The Bertz CT molecular complexity index is 1170. The Hall–Kier alpha value is -1.39. The number of nitrogens with one attached hydrogen (secondary N) is 1. The van der Waals surface area contributed by atoms with Crippen LogP contribution in [-0.4, -0.2) is 24.1 Å². The summed E-state index contributed by atoms with van der Waals surface area (Å²) in [7, 11) is 9.87. The van der Waals surface area contributed by atoms with E-state index in [9.17, 15) is 9.90 Å². The van der Waals surface area contributed by atoms with Crippen molar-refractivity contribution in [1.29, 1.82) is 0 Å². The Morgan fingerprint density at radius 3 is 2.08 bits per heavy atom. The average molecular weight is 638 g/mol. The monoisotopic (exact) mass is 635 g/mol. The van der Waals surface area contributed by atoms with Gasteiger partial charge in [-0.2, -0.15) is 0 Å². The Balaban J connectivity index is 0.000000547. The molecule has 4 nitrogen and oxygen atoms in total. The van der Waals surface area contributed by atoms with E-state index >= 15 is 0 Å². The Morgan fingerprint density at radius 1 is 0.974 bits per heavy atom. The summed E-state index contributed by atoms with van der Waals surface area (Å²) in [5.74, 6) is 0.328. The molecular weight excluding hydrogens is 596 g/mol. The van der Waals surface area contributed by atoms with E-state index in [1.54, 1.807) is 0 Å². The zero-order chi connectivity index (χ0) is 28.7. The van der Waals surface area contributed by atoms with Gasteiger partial charge in [-0.15, -0.1) is 0 Å². The first-order chi connectivity index (χ1) is 17.7. The fraction of sp³-hybridized carbons (Fsp3) is 0.452. The minimum absolute atomic E-state index is 0.0466. The van der Waals surface area contributed by atoms with Crippen LogP contribution >= 0.6 is 17.0 Å². The van der Waals surface area contributed by atoms with Crippen LogP contribution in [0.1, 0.15) is 78.0 Å². The number of phenols is 1. The molecule has 2 N–H and O–H groups in total. The van der Waals surface area contributed by atoms with E-state index in [1.807, 2.05) is 56.4 Å². The number of allylic oxidation sites excluding steroid dienone is 8. The molecule has 1 aliphatic carbocycles. The van der Waals surface area contributed by atoms with Gasteiger partial charge in [0.1, 0.15) is 5.75 Å². The van der Waals surface area contributed by atoms with Crippen molar-refractivity contribution in [2.24, 2.45) is 5.41 Å². The van der Waals surface area contributed by atoms with Crippen LogP contribution in [0.25, 0.3) is 5.70 Å². The molecule has 0 radical (unpaired) electrons. The van der Waals surface area contributed by atoms with E-state index in [1.165, 1.54) is 12.8 Å². The molecule has 2 aliphatic heterocycles. The second kappa shape index (κ2) is 14.3. The molecule has 206 valence electrons. The topological polar surface area (TPSA) is 58.6 Å². The van der Waals surface area contributed by atoms with E-state index in [0.29, 0.717) is 5.57 Å². The number of ether oxygens (including phenoxy) is 1. The van der Waals surface area contributed by atoms with Crippen LogP contribution in [-0.2, 0) is 35.8 Å². The van der Waals surface area contributed by atoms with E-state index in [4.69, 9.17) is 21.8 Å². The normalized spacial score (nSPS) is 19.2. The van der Waals surface area contributed by atoms with Gasteiger partial charge >= 0.3 is 37.9 Å². The first kappa shape index (κ1) is 32.8. The number of ketones is 1. The van der Waals surface area contributed by atoms with Gasteiger partial charge in [-0.25, -0.2) is 0 Å². The van der Waals surface area contributed by atoms with Crippen LogP contribution in [0.2, 0.25) is 0 Å². The van der Waals surface area contributed by atoms with E-state index in [-0.39, 0.29) is 22.4 Å². The first-order valence-corrected chi connectivity index (χ1v) is 19.3. The van der Waals surface area contributed by atoms with Crippen LogP contribution < -0.4 is 5.32 Å². The molecule has 3 aliphatic rings. The number of dihydropyridines is 1. The van der Waals surface area contributed by atoms with Crippen molar-refractivity contribution in [3.63, 3.8) is 0 Å². The molecule has 1 aromatic carbocycles. The molecule has 0 bridgehead atoms. The molecule has 0 saturated carbocycles. The number of hydrogen-bond acceptors (Lipinski definition) is 4. The quantitative estimate of drug-likeness (QED) is 0.304. The predicted octanol–water partition coefficient (Wildman–Crippen LogP) is 8.43. The Kier molecular flexibility index (Phi) is 12.4. The number of phenolic OH excluding ortho intramolecular Hbond substituents is 1. The molecule has 38 heavy (non-hydrogen) atoms. The number of aromatic hydroxyl groups is 1. The first-order valence-electron chi connectivity index (χ1n) is 12.9. The third kappa shape index (κ3) is 9.08. The van der Waals surface area contributed by atoms with Gasteiger partial charge in [0.2, 0.25) is 0 Å². The third-order valence-corrected chi connectivity index (χ3v) is 6.31. The average Bonchev–Trinajstić information content (AvgIpc) is 3.41. The molecule has 1 saturated heterocycles. The summed E-state index contributed by atoms with van der Waals surface area (Å²) >= 11 is -0.826. The fourth-order valence-corrected chi connectivity index (χ4v) is 4.38. The van der Waals surface area contributed by atoms with Crippen molar-refractivity contribution in [2.75, 3.05) is 13.2 Å². The van der Waals surface area contributed by atoms with Gasteiger partial charge in [0.15, 0.2) is 5.78 Å². The zero-order valence-corrected chi connectivity index (χ0v) is 27.9. The number of carbonyl (C=O) groups excluding carboxylic acids is 1. The van der Waals surface area contributed by atoms with Gasteiger partial charge in [-0.3, -0.25) is 4.79 Å². The SMILES string of the molecule is C1CCOC1.CC1=C/C(=C2\C=CC=C(c3cc(C)cc(C(C)(C)C)c3O)N2)C(=O)C(C(C)(C)C)=C1.[Cl][Zr][Cl]. The summed E-state index contributed by atoms with van der Waals surface area (Å²) in [5, 5.41) is 14.4. The molecule has 0 aromatic heterocycles. The van der Waals surface area contributed by atoms with Gasteiger partial charge in [-0.05, 0) is 73.0 Å². The van der Waals surface area contributed by atoms with Crippen molar-refractivity contribution in [3.05, 3.63) is 81.6 Å². The molecular formula is C31H41Cl2NO3Zr. The van der Waals surface area contributed by atoms with Gasteiger partial charge in [0.05, 0.1) is 0 Å². The summed E-state index contributed by atoms with van der Waals surface area (Å²) in [6, 6.07) is 4.02. The van der Waals surface area contributed by atoms with Gasteiger partial charge in [0, 0.05) is 46.9 Å². The molecule has 1 aromatic rings. The van der Waals surface area contributed by atoms with Crippen LogP contribution in [0.15, 0.2) is 64.9 Å². The third-order valence-electron chi connectivity index (χ3n) is 6.31. The zero-order valence-electron chi connectivity index (χ0n) is 23.9. The Labute approximate surface area is 247 Å². The van der Waals surface area contributed by atoms with E-state index < -0.39 is 20.8 Å². The van der Waals surface area contributed by atoms with E-state index in [0.717, 1.165) is 52.4 Å². The summed E-state index contributed by atoms with van der Waals surface area (Å²) in [6.45, 7) is 18.5.